The van der Waals surface area contributed by atoms with E-state index in [0.717, 1.165) is 5.56 Å². The van der Waals surface area contributed by atoms with Gasteiger partial charge in [-0.25, -0.2) is 4.79 Å². The predicted octanol–water partition coefficient (Wildman–Crippen LogP) is -0.0204. The Balaban J connectivity index is 1.68. The Morgan fingerprint density at radius 2 is 2.00 bits per heavy atom. The molecule has 9 nitrogen and oxygen atoms in total. The summed E-state index contributed by atoms with van der Waals surface area (Å²) in [6, 6.07) is 7.64. The van der Waals surface area contributed by atoms with Gasteiger partial charge < -0.3 is 19.5 Å². The highest BCUT2D eigenvalue weighted by atomic mass is 16.5. The van der Waals surface area contributed by atoms with E-state index in [4.69, 9.17) is 4.74 Å². The molecule has 2 aliphatic heterocycles. The predicted molar refractivity (Wildman–Crippen MR) is 106 cm³/mol. The molecule has 1 atom stereocenters. The number of carbonyl (C=O) groups excluding carboxylic acids is 3. The summed E-state index contributed by atoms with van der Waals surface area (Å²) in [6.07, 6.45) is 1.59. The molecule has 2 aliphatic rings. The van der Waals surface area contributed by atoms with Crippen molar-refractivity contribution in [3.63, 3.8) is 0 Å². The van der Waals surface area contributed by atoms with E-state index >= 15 is 0 Å². The Morgan fingerprint density at radius 3 is 2.70 bits per heavy atom. The lowest BCUT2D eigenvalue weighted by molar-refractivity contribution is -0.122. The average molecular weight is 406 g/mol. The fourth-order valence-electron chi connectivity index (χ4n) is 3.48. The second-order valence-corrected chi connectivity index (χ2v) is 7.09. The third-order valence-corrected chi connectivity index (χ3v) is 5.10. The van der Waals surface area contributed by atoms with E-state index in [1.54, 1.807) is 37.5 Å². The maximum Gasteiger partial charge on any atom is 0.323 e. The average Bonchev–Trinajstić information content (AvgIpc) is 3.18. The minimum absolute atomic E-state index is 0.166. The van der Waals surface area contributed by atoms with Gasteiger partial charge in [-0.3, -0.25) is 19.7 Å². The quantitative estimate of drug-likeness (QED) is 0.550. The zero-order valence-corrected chi connectivity index (χ0v) is 16.3. The largest absolute Gasteiger partial charge is 0.497 e. The van der Waals surface area contributed by atoms with Gasteiger partial charge in [-0.05, 0) is 29.8 Å². The van der Waals surface area contributed by atoms with Crippen LogP contribution in [0.2, 0.25) is 0 Å². The Morgan fingerprint density at radius 1 is 1.20 bits per heavy atom. The fraction of sp³-hybridized carbons (Fsp3) is 0.238. The smallest absolute Gasteiger partial charge is 0.323 e. The van der Waals surface area contributed by atoms with Gasteiger partial charge in [0.15, 0.2) is 0 Å². The van der Waals surface area contributed by atoms with Crippen LogP contribution >= 0.6 is 0 Å². The molecule has 0 saturated carbocycles. The normalized spacial score (nSPS) is 19.7. The summed E-state index contributed by atoms with van der Waals surface area (Å²) in [5.74, 6) is 5.01. The van der Waals surface area contributed by atoms with Gasteiger partial charge in [-0.15, -0.1) is 0 Å². The van der Waals surface area contributed by atoms with E-state index in [0.29, 0.717) is 11.3 Å². The van der Waals surface area contributed by atoms with Gasteiger partial charge >= 0.3 is 6.03 Å². The zero-order valence-electron chi connectivity index (χ0n) is 16.3. The number of pyridine rings is 1. The van der Waals surface area contributed by atoms with E-state index in [1.165, 1.54) is 22.6 Å². The van der Waals surface area contributed by atoms with Crippen LogP contribution in [-0.4, -0.2) is 46.5 Å². The van der Waals surface area contributed by atoms with Crippen molar-refractivity contribution in [1.82, 2.24) is 20.1 Å². The molecular formula is C21H18N4O5. The molecular weight excluding hydrogens is 388 g/mol. The van der Waals surface area contributed by atoms with Gasteiger partial charge in [0.1, 0.15) is 5.75 Å². The Hall–Kier alpha value is -4.06. The first kappa shape index (κ1) is 19.3. The highest BCUT2D eigenvalue weighted by Crippen LogP contribution is 2.28. The first-order valence-corrected chi connectivity index (χ1v) is 9.11. The first-order valence-electron chi connectivity index (χ1n) is 9.11. The summed E-state index contributed by atoms with van der Waals surface area (Å²) in [7, 11) is 3.09. The van der Waals surface area contributed by atoms with Crippen molar-refractivity contribution in [3.8, 4) is 17.6 Å². The Kier molecular flexibility index (Phi) is 4.54. The molecule has 9 heteroatoms. The lowest BCUT2D eigenvalue weighted by Gasteiger charge is -2.26. The number of nitrogens with zero attached hydrogens (tertiary/aromatic N) is 2. The molecule has 1 aromatic carbocycles. The number of imide groups is 1. The van der Waals surface area contributed by atoms with Crippen LogP contribution < -0.4 is 20.9 Å². The van der Waals surface area contributed by atoms with Crippen LogP contribution in [0.1, 0.15) is 21.5 Å². The van der Waals surface area contributed by atoms with E-state index in [-0.39, 0.29) is 30.1 Å². The number of rotatable bonds is 3. The monoisotopic (exact) mass is 406 g/mol. The van der Waals surface area contributed by atoms with Gasteiger partial charge in [-0.2, -0.15) is 0 Å². The molecule has 2 N–H and O–H groups in total. The molecule has 3 heterocycles. The van der Waals surface area contributed by atoms with Crippen LogP contribution in [0.25, 0.3) is 0 Å². The number of methoxy groups -OCH3 is 1. The molecule has 0 spiro atoms. The van der Waals surface area contributed by atoms with Gasteiger partial charge in [0.2, 0.25) is 5.54 Å². The van der Waals surface area contributed by atoms with Crippen molar-refractivity contribution in [3.05, 3.63) is 63.6 Å². The van der Waals surface area contributed by atoms with Crippen LogP contribution in [0.5, 0.6) is 5.75 Å². The number of urea groups is 1. The minimum atomic E-state index is -1.67. The third-order valence-electron chi connectivity index (χ3n) is 5.10. The second kappa shape index (κ2) is 7.08. The molecule has 30 heavy (non-hydrogen) atoms. The van der Waals surface area contributed by atoms with Crippen LogP contribution in [-0.2, 0) is 18.4 Å². The summed E-state index contributed by atoms with van der Waals surface area (Å²) < 4.78 is 6.53. The Labute approximate surface area is 171 Å². The standard InChI is InChI=1S/C21H18N4O5/c1-24-9-3-4-13(17(24)26)7-8-21(19(28)22-20(29)23-21)12-25-11-14-5-6-15(30-2)10-16(14)18(25)27/h3-6,9-10H,11-12H2,1-2H3,(H2,22,23,28,29). The molecule has 0 aliphatic carbocycles. The first-order chi connectivity index (χ1) is 14.3. The summed E-state index contributed by atoms with van der Waals surface area (Å²) >= 11 is 0. The number of fused-ring (bicyclic) bond motifs is 1. The number of hydrogen-bond donors (Lipinski definition) is 2. The van der Waals surface area contributed by atoms with Gasteiger partial charge in [-0.1, -0.05) is 17.9 Å². The van der Waals surface area contributed by atoms with Crippen molar-refractivity contribution in [1.29, 1.82) is 0 Å². The minimum Gasteiger partial charge on any atom is -0.497 e. The molecule has 1 saturated heterocycles. The second-order valence-electron chi connectivity index (χ2n) is 7.09. The van der Waals surface area contributed by atoms with Crippen molar-refractivity contribution < 1.29 is 19.1 Å². The van der Waals surface area contributed by atoms with E-state index in [2.05, 4.69) is 22.5 Å². The SMILES string of the molecule is COc1ccc2c(c1)C(=O)N(CC1(C#Cc3cccn(C)c3=O)NC(=O)NC1=O)C2. The number of aromatic nitrogens is 1. The maximum absolute atomic E-state index is 12.9. The van der Waals surface area contributed by atoms with Crippen LogP contribution in [0.3, 0.4) is 0 Å². The highest BCUT2D eigenvalue weighted by molar-refractivity contribution is 6.10. The zero-order chi connectivity index (χ0) is 21.5. The van der Waals surface area contributed by atoms with Crippen molar-refractivity contribution in [2.75, 3.05) is 13.7 Å². The lowest BCUT2D eigenvalue weighted by atomic mass is 9.99. The number of amides is 4. The topological polar surface area (TPSA) is 110 Å². The molecule has 0 bridgehead atoms. The molecule has 1 fully saturated rings. The maximum atomic E-state index is 12.9. The summed E-state index contributed by atoms with van der Waals surface area (Å²) in [4.78, 5) is 51.0. The molecule has 1 unspecified atom stereocenters. The number of benzene rings is 1. The number of aryl methyl sites for hydroxylation is 1. The number of hydrogen-bond acceptors (Lipinski definition) is 5. The number of carbonyl (C=O) groups is 3. The van der Waals surface area contributed by atoms with Crippen molar-refractivity contribution >= 4 is 17.8 Å². The fourth-order valence-corrected chi connectivity index (χ4v) is 3.48. The van der Waals surface area contributed by atoms with Gasteiger partial charge in [0.25, 0.3) is 17.4 Å². The van der Waals surface area contributed by atoms with E-state index in [9.17, 15) is 19.2 Å². The molecule has 1 aromatic heterocycles. The van der Waals surface area contributed by atoms with Crippen LogP contribution in [0, 0.1) is 11.8 Å². The van der Waals surface area contributed by atoms with Crippen LogP contribution in [0.4, 0.5) is 4.79 Å². The molecule has 2 aromatic rings. The molecule has 152 valence electrons. The molecule has 4 rings (SSSR count). The van der Waals surface area contributed by atoms with Gasteiger partial charge in [0.05, 0.1) is 19.2 Å². The van der Waals surface area contributed by atoms with E-state index in [1.807, 2.05) is 0 Å². The third kappa shape index (κ3) is 3.18. The molecule has 4 amide bonds. The summed E-state index contributed by atoms with van der Waals surface area (Å²) in [5, 5.41) is 4.68. The van der Waals surface area contributed by atoms with Gasteiger partial charge in [0, 0.05) is 25.4 Å². The number of ether oxygens (including phenoxy) is 1. The number of nitrogens with one attached hydrogen (secondary N) is 2. The molecule has 0 radical (unpaired) electrons. The highest BCUT2D eigenvalue weighted by Gasteiger charge is 2.48. The Bertz CT molecular complexity index is 1210. The van der Waals surface area contributed by atoms with Crippen LogP contribution in [0.15, 0.2) is 41.3 Å². The lowest BCUT2D eigenvalue weighted by Crippen LogP contribution is -2.54. The van der Waals surface area contributed by atoms with Crippen molar-refractivity contribution in [2.24, 2.45) is 7.05 Å². The summed E-state index contributed by atoms with van der Waals surface area (Å²) in [6.45, 7) is 0.0956. The summed E-state index contributed by atoms with van der Waals surface area (Å²) in [5.41, 5.74) is -0.569. The van der Waals surface area contributed by atoms with E-state index < -0.39 is 17.5 Å². The van der Waals surface area contributed by atoms with Crippen molar-refractivity contribution in [2.45, 2.75) is 12.1 Å².